The quantitative estimate of drug-likeness (QED) is 0.794. The van der Waals surface area contributed by atoms with Crippen LogP contribution in [0.25, 0.3) is 0 Å². The van der Waals surface area contributed by atoms with Crippen molar-refractivity contribution in [3.63, 3.8) is 0 Å². The Labute approximate surface area is 86.1 Å². The van der Waals surface area contributed by atoms with E-state index < -0.39 is 11.9 Å². The van der Waals surface area contributed by atoms with Crippen LogP contribution in [0.4, 0.5) is 19.0 Å². The molecule has 2 N–H and O–H groups in total. The first kappa shape index (κ1) is 11.9. The van der Waals surface area contributed by atoms with Crippen molar-refractivity contribution in [2.75, 3.05) is 5.73 Å². The summed E-state index contributed by atoms with van der Waals surface area (Å²) in [4.78, 5) is 0. The number of hydrogen-bond donors (Lipinski definition) is 1. The van der Waals surface area contributed by atoms with Gasteiger partial charge in [0.05, 0.1) is 0 Å². The highest BCUT2D eigenvalue weighted by Crippen LogP contribution is 2.29. The standard InChI is InChI=1S/C9H14F3N3/c1-2-3-4-5-15-8(13)6-7(14-15)9(10,11)12/h6H,2-5,13H2,1H3. The fourth-order valence-electron chi connectivity index (χ4n) is 1.26. The third-order valence-electron chi connectivity index (χ3n) is 2.07. The summed E-state index contributed by atoms with van der Waals surface area (Å²) in [6.07, 6.45) is -1.66. The normalized spacial score (nSPS) is 12.0. The van der Waals surface area contributed by atoms with Gasteiger partial charge < -0.3 is 5.73 Å². The molecule has 3 nitrogen and oxygen atoms in total. The minimum Gasteiger partial charge on any atom is -0.384 e. The molecule has 86 valence electrons. The summed E-state index contributed by atoms with van der Waals surface area (Å²) < 4.78 is 37.9. The van der Waals surface area contributed by atoms with Gasteiger partial charge in [0.2, 0.25) is 0 Å². The van der Waals surface area contributed by atoms with Crippen LogP contribution in [-0.2, 0) is 12.7 Å². The summed E-state index contributed by atoms with van der Waals surface area (Å²) >= 11 is 0. The second-order valence-electron chi connectivity index (χ2n) is 3.38. The molecule has 1 heterocycles. The van der Waals surface area contributed by atoms with Gasteiger partial charge in [-0.2, -0.15) is 18.3 Å². The summed E-state index contributed by atoms with van der Waals surface area (Å²) in [6, 6.07) is 0.867. The van der Waals surface area contributed by atoms with Crippen LogP contribution in [0.5, 0.6) is 0 Å². The van der Waals surface area contributed by atoms with Crippen molar-refractivity contribution in [3.8, 4) is 0 Å². The fourth-order valence-corrected chi connectivity index (χ4v) is 1.26. The molecular formula is C9H14F3N3. The van der Waals surface area contributed by atoms with Crippen molar-refractivity contribution in [3.05, 3.63) is 11.8 Å². The molecule has 1 rings (SSSR count). The van der Waals surface area contributed by atoms with Crippen LogP contribution in [0.1, 0.15) is 31.9 Å². The second kappa shape index (κ2) is 4.55. The Balaban J connectivity index is 2.69. The van der Waals surface area contributed by atoms with E-state index in [1.165, 1.54) is 4.68 Å². The van der Waals surface area contributed by atoms with Gasteiger partial charge in [0.25, 0.3) is 0 Å². The van der Waals surface area contributed by atoms with Crippen molar-refractivity contribution in [2.24, 2.45) is 0 Å². The summed E-state index contributed by atoms with van der Waals surface area (Å²) in [5, 5.41) is 3.42. The molecule has 1 aromatic heterocycles. The Hall–Kier alpha value is -1.20. The van der Waals surface area contributed by atoms with Gasteiger partial charge in [-0.1, -0.05) is 19.8 Å². The van der Waals surface area contributed by atoms with Crippen LogP contribution in [0.3, 0.4) is 0 Å². The van der Waals surface area contributed by atoms with Gasteiger partial charge in [-0.15, -0.1) is 0 Å². The number of unbranched alkanes of at least 4 members (excludes halogenated alkanes) is 2. The van der Waals surface area contributed by atoms with E-state index in [4.69, 9.17) is 5.73 Å². The monoisotopic (exact) mass is 221 g/mol. The predicted molar refractivity (Wildman–Crippen MR) is 51.2 cm³/mol. The highest BCUT2D eigenvalue weighted by atomic mass is 19.4. The van der Waals surface area contributed by atoms with Crippen molar-refractivity contribution < 1.29 is 13.2 Å². The highest BCUT2D eigenvalue weighted by Gasteiger charge is 2.34. The van der Waals surface area contributed by atoms with Crippen LogP contribution >= 0.6 is 0 Å². The molecule has 0 bridgehead atoms. The van der Waals surface area contributed by atoms with Gasteiger partial charge in [-0.05, 0) is 6.42 Å². The van der Waals surface area contributed by atoms with Crippen LogP contribution in [0, 0.1) is 0 Å². The maximum Gasteiger partial charge on any atom is 0.435 e. The molecule has 0 saturated carbocycles. The Morgan fingerprint density at radius 1 is 1.40 bits per heavy atom. The maximum absolute atomic E-state index is 12.2. The second-order valence-corrected chi connectivity index (χ2v) is 3.38. The first-order chi connectivity index (χ1) is 6.95. The van der Waals surface area contributed by atoms with Gasteiger partial charge in [0, 0.05) is 12.6 Å². The Bertz CT molecular complexity index is 317. The molecule has 0 aliphatic carbocycles. The van der Waals surface area contributed by atoms with Crippen LogP contribution < -0.4 is 5.73 Å². The number of rotatable bonds is 4. The molecular weight excluding hydrogens is 207 g/mol. The number of alkyl halides is 3. The Kier molecular flexibility index (Phi) is 3.60. The van der Waals surface area contributed by atoms with E-state index in [0.29, 0.717) is 6.54 Å². The SMILES string of the molecule is CCCCCn1nc(C(F)(F)F)cc1N. The van der Waals surface area contributed by atoms with Crippen LogP contribution in [-0.4, -0.2) is 9.78 Å². The zero-order valence-electron chi connectivity index (χ0n) is 8.51. The van der Waals surface area contributed by atoms with E-state index in [1.54, 1.807) is 0 Å². The number of aryl methyl sites for hydroxylation is 1. The van der Waals surface area contributed by atoms with Crippen LogP contribution in [0.15, 0.2) is 6.07 Å². The van der Waals surface area contributed by atoms with Crippen molar-refractivity contribution in [1.29, 1.82) is 0 Å². The number of nitrogens with zero attached hydrogens (tertiary/aromatic N) is 2. The highest BCUT2D eigenvalue weighted by molar-refractivity contribution is 5.31. The average molecular weight is 221 g/mol. The molecule has 0 unspecified atom stereocenters. The fraction of sp³-hybridized carbons (Fsp3) is 0.667. The number of aromatic nitrogens is 2. The minimum absolute atomic E-state index is 0.0680. The molecule has 0 amide bonds. The lowest BCUT2D eigenvalue weighted by Crippen LogP contribution is -2.09. The number of hydrogen-bond acceptors (Lipinski definition) is 2. The topological polar surface area (TPSA) is 43.8 Å². The zero-order chi connectivity index (χ0) is 11.5. The molecule has 0 radical (unpaired) electrons. The largest absolute Gasteiger partial charge is 0.435 e. The van der Waals surface area contributed by atoms with Gasteiger partial charge in [0.15, 0.2) is 5.69 Å². The molecule has 1 aromatic rings. The first-order valence-electron chi connectivity index (χ1n) is 4.85. The molecule has 0 aliphatic heterocycles. The van der Waals surface area contributed by atoms with E-state index in [9.17, 15) is 13.2 Å². The van der Waals surface area contributed by atoms with Crippen molar-refractivity contribution in [1.82, 2.24) is 9.78 Å². The van der Waals surface area contributed by atoms with Gasteiger partial charge in [0.1, 0.15) is 5.82 Å². The van der Waals surface area contributed by atoms with Gasteiger partial charge in [-0.3, -0.25) is 0 Å². The minimum atomic E-state index is -4.41. The van der Waals surface area contributed by atoms with Crippen molar-refractivity contribution in [2.45, 2.75) is 38.9 Å². The molecule has 0 spiro atoms. The number of nitrogen functional groups attached to an aromatic ring is 1. The third kappa shape index (κ3) is 3.14. The molecule has 15 heavy (non-hydrogen) atoms. The lowest BCUT2D eigenvalue weighted by molar-refractivity contribution is -0.141. The number of anilines is 1. The van der Waals surface area contributed by atoms with E-state index in [2.05, 4.69) is 5.10 Å². The number of nitrogens with two attached hydrogens (primary N) is 1. The summed E-state index contributed by atoms with van der Waals surface area (Å²) in [5.74, 6) is 0.0680. The summed E-state index contributed by atoms with van der Waals surface area (Å²) in [6.45, 7) is 2.46. The summed E-state index contributed by atoms with van der Waals surface area (Å²) in [5.41, 5.74) is 4.50. The molecule has 0 fully saturated rings. The zero-order valence-corrected chi connectivity index (χ0v) is 8.51. The number of halogens is 3. The Morgan fingerprint density at radius 3 is 2.53 bits per heavy atom. The lowest BCUT2D eigenvalue weighted by atomic mass is 10.2. The predicted octanol–water partition coefficient (Wildman–Crippen LogP) is 2.67. The molecule has 0 aliphatic rings. The van der Waals surface area contributed by atoms with E-state index in [-0.39, 0.29) is 5.82 Å². The van der Waals surface area contributed by atoms with Crippen molar-refractivity contribution >= 4 is 5.82 Å². The average Bonchev–Trinajstić information content (AvgIpc) is 2.48. The molecule has 0 aromatic carbocycles. The molecule has 0 atom stereocenters. The van der Waals surface area contributed by atoms with E-state index >= 15 is 0 Å². The van der Waals surface area contributed by atoms with E-state index in [0.717, 1.165) is 25.3 Å². The Morgan fingerprint density at radius 2 is 2.07 bits per heavy atom. The molecule has 0 saturated heterocycles. The summed E-state index contributed by atoms with van der Waals surface area (Å²) in [7, 11) is 0. The van der Waals surface area contributed by atoms with Gasteiger partial charge in [-0.25, -0.2) is 4.68 Å². The van der Waals surface area contributed by atoms with E-state index in [1.807, 2.05) is 6.92 Å². The maximum atomic E-state index is 12.2. The first-order valence-corrected chi connectivity index (χ1v) is 4.85. The smallest absolute Gasteiger partial charge is 0.384 e. The third-order valence-corrected chi connectivity index (χ3v) is 2.07. The lowest BCUT2D eigenvalue weighted by Gasteiger charge is -2.03. The van der Waals surface area contributed by atoms with Gasteiger partial charge >= 0.3 is 6.18 Å². The van der Waals surface area contributed by atoms with Crippen LogP contribution in [0.2, 0.25) is 0 Å². The molecule has 6 heteroatoms.